The lowest BCUT2D eigenvalue weighted by Gasteiger charge is -2.13. The van der Waals surface area contributed by atoms with E-state index in [2.05, 4.69) is 15.9 Å². The smallest absolute Gasteiger partial charge is 0.142 e. The third-order valence-corrected chi connectivity index (χ3v) is 4.05. The molecule has 2 aromatic carbocycles. The maximum atomic E-state index is 13.9. The summed E-state index contributed by atoms with van der Waals surface area (Å²) in [6.45, 7) is 0. The Bertz CT molecular complexity index is 604. The second-order valence-corrected chi connectivity index (χ2v) is 5.25. The number of ether oxygens (including phenoxy) is 1. The summed E-state index contributed by atoms with van der Waals surface area (Å²) in [5, 5.41) is 0.0404. The van der Waals surface area contributed by atoms with Crippen molar-refractivity contribution in [1.82, 2.24) is 0 Å². The van der Waals surface area contributed by atoms with Crippen molar-refractivity contribution < 1.29 is 13.5 Å². The third-order valence-electron chi connectivity index (χ3n) is 2.72. The van der Waals surface area contributed by atoms with Gasteiger partial charge in [0.25, 0.3) is 0 Å². The Morgan fingerprint density at radius 2 is 1.84 bits per heavy atom. The van der Waals surface area contributed by atoms with Gasteiger partial charge < -0.3 is 4.74 Å². The third kappa shape index (κ3) is 3.07. The predicted octanol–water partition coefficient (Wildman–Crippen LogP) is 5.11. The fourth-order valence-corrected chi connectivity index (χ4v) is 2.46. The molecule has 1 nitrogen and oxygen atoms in total. The van der Waals surface area contributed by atoms with Crippen molar-refractivity contribution in [2.45, 2.75) is 4.83 Å². The maximum Gasteiger partial charge on any atom is 0.142 e. The number of hydrogen-bond donors (Lipinski definition) is 0. The summed E-state index contributed by atoms with van der Waals surface area (Å²) < 4.78 is 32.3. The molecule has 0 heterocycles. The first-order chi connectivity index (χ1) is 9.02. The highest BCUT2D eigenvalue weighted by Crippen LogP contribution is 2.34. The molecular weight excluding hydrogens is 338 g/mol. The SMILES string of the molecule is COc1ccc(C(Br)c2ccc(Cl)c(F)c2)c(F)c1. The van der Waals surface area contributed by atoms with Crippen LogP contribution in [0.4, 0.5) is 8.78 Å². The van der Waals surface area contributed by atoms with Crippen LogP contribution in [0.3, 0.4) is 0 Å². The van der Waals surface area contributed by atoms with E-state index >= 15 is 0 Å². The zero-order chi connectivity index (χ0) is 14.0. The van der Waals surface area contributed by atoms with Gasteiger partial charge in [0.2, 0.25) is 0 Å². The fraction of sp³-hybridized carbons (Fsp3) is 0.143. The molecule has 0 aliphatic heterocycles. The van der Waals surface area contributed by atoms with E-state index in [0.717, 1.165) is 0 Å². The zero-order valence-corrected chi connectivity index (χ0v) is 12.3. The zero-order valence-electron chi connectivity index (χ0n) is 9.96. The van der Waals surface area contributed by atoms with Crippen LogP contribution >= 0.6 is 27.5 Å². The van der Waals surface area contributed by atoms with Crippen LogP contribution in [0.1, 0.15) is 16.0 Å². The van der Waals surface area contributed by atoms with Gasteiger partial charge in [-0.2, -0.15) is 0 Å². The molecule has 0 bridgehead atoms. The van der Waals surface area contributed by atoms with Gasteiger partial charge in [-0.1, -0.05) is 39.7 Å². The quantitative estimate of drug-likeness (QED) is 0.701. The highest BCUT2D eigenvalue weighted by Gasteiger charge is 2.16. The minimum atomic E-state index is -0.530. The molecule has 2 rings (SSSR count). The summed E-state index contributed by atoms with van der Waals surface area (Å²) in [5.74, 6) is -0.516. The van der Waals surface area contributed by atoms with Crippen LogP contribution in [-0.4, -0.2) is 7.11 Å². The van der Waals surface area contributed by atoms with Crippen LogP contribution in [0.5, 0.6) is 5.75 Å². The van der Waals surface area contributed by atoms with Gasteiger partial charge in [0, 0.05) is 11.6 Å². The normalized spacial score (nSPS) is 12.3. The molecule has 19 heavy (non-hydrogen) atoms. The number of hydrogen-bond acceptors (Lipinski definition) is 1. The summed E-state index contributed by atoms with van der Waals surface area (Å²) in [6.07, 6.45) is 0. The molecular formula is C14H10BrClF2O. The summed E-state index contributed by atoms with van der Waals surface area (Å²) >= 11 is 8.98. The second-order valence-electron chi connectivity index (χ2n) is 3.92. The molecule has 0 aromatic heterocycles. The van der Waals surface area contributed by atoms with Gasteiger partial charge in [0.1, 0.15) is 17.4 Å². The monoisotopic (exact) mass is 346 g/mol. The summed E-state index contributed by atoms with van der Waals surface area (Å²) in [7, 11) is 1.47. The number of rotatable bonds is 3. The molecule has 1 unspecified atom stereocenters. The van der Waals surface area contributed by atoms with Crippen molar-refractivity contribution >= 4 is 27.5 Å². The number of alkyl halides is 1. The van der Waals surface area contributed by atoms with Crippen LogP contribution in [0.15, 0.2) is 36.4 Å². The van der Waals surface area contributed by atoms with Gasteiger partial charge in [0.05, 0.1) is 17.0 Å². The molecule has 1 atom stereocenters. The molecule has 0 N–H and O–H groups in total. The van der Waals surface area contributed by atoms with Gasteiger partial charge >= 0.3 is 0 Å². The van der Waals surface area contributed by atoms with Crippen LogP contribution in [-0.2, 0) is 0 Å². The van der Waals surface area contributed by atoms with Gasteiger partial charge in [-0.15, -0.1) is 0 Å². The Balaban J connectivity index is 2.38. The first kappa shape index (κ1) is 14.3. The molecule has 2 aromatic rings. The van der Waals surface area contributed by atoms with Crippen molar-refractivity contribution in [2.75, 3.05) is 7.11 Å². The van der Waals surface area contributed by atoms with Gasteiger partial charge in [-0.05, 0) is 23.8 Å². The number of benzene rings is 2. The van der Waals surface area contributed by atoms with E-state index in [9.17, 15) is 8.78 Å². The highest BCUT2D eigenvalue weighted by atomic mass is 79.9. The molecule has 0 fully saturated rings. The standard InChI is InChI=1S/C14H10BrClF2O/c1-19-9-3-4-10(12(17)7-9)14(15)8-2-5-11(16)13(18)6-8/h2-7,14H,1H3. The van der Waals surface area contributed by atoms with Crippen molar-refractivity contribution in [3.63, 3.8) is 0 Å². The average molecular weight is 348 g/mol. The highest BCUT2D eigenvalue weighted by molar-refractivity contribution is 9.09. The van der Waals surface area contributed by atoms with Crippen molar-refractivity contribution in [3.8, 4) is 5.75 Å². The van der Waals surface area contributed by atoms with E-state index in [0.29, 0.717) is 16.9 Å². The molecule has 5 heteroatoms. The largest absolute Gasteiger partial charge is 0.497 e. The van der Waals surface area contributed by atoms with Gasteiger partial charge in [0.15, 0.2) is 0 Å². The summed E-state index contributed by atoms with van der Waals surface area (Å²) in [4.78, 5) is -0.454. The Hall–Kier alpha value is -1.13. The maximum absolute atomic E-state index is 13.9. The van der Waals surface area contributed by atoms with Gasteiger partial charge in [-0.25, -0.2) is 8.78 Å². The Morgan fingerprint density at radius 1 is 1.11 bits per heavy atom. The van der Waals surface area contributed by atoms with Crippen LogP contribution in [0.2, 0.25) is 5.02 Å². The van der Waals surface area contributed by atoms with E-state index in [1.54, 1.807) is 18.2 Å². The Labute approximate surface area is 123 Å². The molecule has 0 radical (unpaired) electrons. The summed E-state index contributed by atoms with van der Waals surface area (Å²) in [6, 6.07) is 8.91. The lowest BCUT2D eigenvalue weighted by molar-refractivity contribution is 0.411. The minimum absolute atomic E-state index is 0.0404. The second kappa shape index (κ2) is 5.88. The molecule has 0 saturated heterocycles. The molecule has 0 aliphatic carbocycles. The fourth-order valence-electron chi connectivity index (χ4n) is 1.69. The Morgan fingerprint density at radius 3 is 2.42 bits per heavy atom. The topological polar surface area (TPSA) is 9.23 Å². The average Bonchev–Trinajstić information content (AvgIpc) is 2.41. The van der Waals surface area contributed by atoms with E-state index < -0.39 is 16.5 Å². The van der Waals surface area contributed by atoms with E-state index in [-0.39, 0.29) is 5.02 Å². The van der Waals surface area contributed by atoms with Gasteiger partial charge in [-0.3, -0.25) is 0 Å². The number of methoxy groups -OCH3 is 1. The van der Waals surface area contributed by atoms with Crippen molar-refractivity contribution in [2.24, 2.45) is 0 Å². The van der Waals surface area contributed by atoms with Crippen LogP contribution in [0.25, 0.3) is 0 Å². The molecule has 0 spiro atoms. The molecule has 0 amide bonds. The minimum Gasteiger partial charge on any atom is -0.497 e. The molecule has 0 saturated carbocycles. The van der Waals surface area contributed by atoms with E-state index in [4.69, 9.17) is 16.3 Å². The van der Waals surface area contributed by atoms with Crippen LogP contribution < -0.4 is 4.74 Å². The first-order valence-electron chi connectivity index (χ1n) is 5.45. The van der Waals surface area contributed by atoms with E-state index in [1.165, 1.54) is 25.3 Å². The van der Waals surface area contributed by atoms with E-state index in [1.807, 2.05) is 0 Å². The lowest BCUT2D eigenvalue weighted by Crippen LogP contribution is -1.98. The Kier molecular flexibility index (Phi) is 4.42. The number of halogens is 4. The molecule has 100 valence electrons. The molecule has 0 aliphatic rings. The van der Waals surface area contributed by atoms with Crippen LogP contribution in [0, 0.1) is 11.6 Å². The predicted molar refractivity (Wildman–Crippen MR) is 75.1 cm³/mol. The lowest BCUT2D eigenvalue weighted by atomic mass is 10.0. The summed E-state index contributed by atoms with van der Waals surface area (Å²) in [5.41, 5.74) is 0.994. The first-order valence-corrected chi connectivity index (χ1v) is 6.74. The van der Waals surface area contributed by atoms with Crippen molar-refractivity contribution in [3.05, 3.63) is 64.2 Å². The van der Waals surface area contributed by atoms with Crippen molar-refractivity contribution in [1.29, 1.82) is 0 Å².